The number of nitrogens with zero attached hydrogens (tertiary/aromatic N) is 1. The molecule has 2 amide bonds. The molecule has 0 aliphatic carbocycles. The predicted octanol–water partition coefficient (Wildman–Crippen LogP) is 4.74. The molecule has 3 aromatic carbocycles. The Morgan fingerprint density at radius 2 is 1.58 bits per heavy atom. The molecule has 3 aromatic rings. The van der Waals surface area contributed by atoms with Crippen LogP contribution >= 0.6 is 0 Å². The van der Waals surface area contributed by atoms with Crippen molar-refractivity contribution in [3.8, 4) is 0 Å². The molecule has 0 unspecified atom stereocenters. The Balaban J connectivity index is 1.67. The van der Waals surface area contributed by atoms with Crippen LogP contribution in [0.15, 0.2) is 84.9 Å². The maximum atomic E-state index is 12.8. The summed E-state index contributed by atoms with van der Waals surface area (Å²) in [5.74, 6) is -0.721. The molecule has 0 heterocycles. The summed E-state index contributed by atoms with van der Waals surface area (Å²) in [5.41, 5.74) is 2.33. The number of para-hydroxylation sites is 1. The lowest BCUT2D eigenvalue weighted by Crippen LogP contribution is -2.27. The first-order valence-corrected chi connectivity index (χ1v) is 9.62. The van der Waals surface area contributed by atoms with E-state index in [1.54, 1.807) is 42.5 Å². The molecule has 0 bridgehead atoms. The zero-order valence-corrected chi connectivity index (χ0v) is 16.8. The fourth-order valence-corrected chi connectivity index (χ4v) is 2.94. The number of carbonyl (C=O) groups is 2. The number of rotatable bonds is 7. The Labute approximate surface area is 179 Å². The normalized spacial score (nSPS) is 11.6. The molecule has 0 saturated heterocycles. The van der Waals surface area contributed by atoms with E-state index < -0.39 is 10.8 Å². The maximum Gasteiger partial charge on any atom is 0.269 e. The lowest BCUT2D eigenvalue weighted by Gasteiger charge is -2.16. The minimum Gasteiger partial charge on any atom is -0.345 e. The zero-order valence-electron chi connectivity index (χ0n) is 16.8. The average Bonchev–Trinajstić information content (AvgIpc) is 2.79. The van der Waals surface area contributed by atoms with E-state index in [1.807, 2.05) is 37.3 Å². The molecule has 3 rings (SSSR count). The first kappa shape index (κ1) is 21.4. The third-order valence-electron chi connectivity index (χ3n) is 4.61. The van der Waals surface area contributed by atoms with E-state index in [4.69, 9.17) is 0 Å². The van der Waals surface area contributed by atoms with Gasteiger partial charge in [0.05, 0.1) is 22.2 Å². The monoisotopic (exact) mass is 415 g/mol. The van der Waals surface area contributed by atoms with Gasteiger partial charge in [-0.2, -0.15) is 0 Å². The van der Waals surface area contributed by atoms with Crippen LogP contribution in [0.5, 0.6) is 0 Å². The van der Waals surface area contributed by atoms with Gasteiger partial charge in [0.15, 0.2) is 0 Å². The number of anilines is 1. The van der Waals surface area contributed by atoms with Crippen LogP contribution in [0.3, 0.4) is 0 Å². The second kappa shape index (κ2) is 9.98. The topological polar surface area (TPSA) is 101 Å². The predicted molar refractivity (Wildman–Crippen MR) is 120 cm³/mol. The molecular formula is C24H21N3O4. The van der Waals surface area contributed by atoms with Crippen molar-refractivity contribution in [1.29, 1.82) is 0 Å². The Morgan fingerprint density at radius 1 is 0.935 bits per heavy atom. The molecule has 2 N–H and O–H groups in total. The summed E-state index contributed by atoms with van der Waals surface area (Å²) in [6, 6.07) is 22.0. The molecular weight excluding hydrogens is 394 g/mol. The van der Waals surface area contributed by atoms with Gasteiger partial charge in [0.2, 0.25) is 5.91 Å². The van der Waals surface area contributed by atoms with Gasteiger partial charge in [0.25, 0.3) is 11.6 Å². The molecule has 0 radical (unpaired) electrons. The van der Waals surface area contributed by atoms with Crippen molar-refractivity contribution in [1.82, 2.24) is 5.32 Å². The van der Waals surface area contributed by atoms with E-state index in [0.29, 0.717) is 16.8 Å². The lowest BCUT2D eigenvalue weighted by molar-refractivity contribution is -0.384. The minimum absolute atomic E-state index is 0.0220. The van der Waals surface area contributed by atoms with E-state index in [9.17, 15) is 19.7 Å². The van der Waals surface area contributed by atoms with Crippen LogP contribution in [-0.4, -0.2) is 16.7 Å². The van der Waals surface area contributed by atoms with E-state index in [-0.39, 0.29) is 17.6 Å². The summed E-state index contributed by atoms with van der Waals surface area (Å²) in [7, 11) is 0. The number of nitrogens with one attached hydrogen (secondary N) is 2. The van der Waals surface area contributed by atoms with Crippen LogP contribution < -0.4 is 10.6 Å². The smallest absolute Gasteiger partial charge is 0.269 e. The molecule has 0 fully saturated rings. The fraction of sp³-hybridized carbons (Fsp3) is 0.0833. The van der Waals surface area contributed by atoms with E-state index >= 15 is 0 Å². The molecule has 1 atom stereocenters. The highest BCUT2D eigenvalue weighted by Crippen LogP contribution is 2.18. The number of nitro groups is 1. The second-order valence-electron chi connectivity index (χ2n) is 6.82. The minimum atomic E-state index is -0.485. The highest BCUT2D eigenvalue weighted by atomic mass is 16.6. The molecule has 0 spiro atoms. The third-order valence-corrected chi connectivity index (χ3v) is 4.61. The molecule has 31 heavy (non-hydrogen) atoms. The van der Waals surface area contributed by atoms with E-state index in [2.05, 4.69) is 10.6 Å². The van der Waals surface area contributed by atoms with Gasteiger partial charge < -0.3 is 10.6 Å². The molecule has 7 heteroatoms. The van der Waals surface area contributed by atoms with Crippen LogP contribution in [0, 0.1) is 10.1 Å². The second-order valence-corrected chi connectivity index (χ2v) is 6.82. The zero-order chi connectivity index (χ0) is 22.2. The van der Waals surface area contributed by atoms with E-state index in [0.717, 1.165) is 5.56 Å². The van der Waals surface area contributed by atoms with Gasteiger partial charge >= 0.3 is 0 Å². The van der Waals surface area contributed by atoms with Crippen LogP contribution in [0.1, 0.15) is 34.5 Å². The molecule has 0 aliphatic heterocycles. The first-order valence-electron chi connectivity index (χ1n) is 9.62. The number of hydrogen-bond donors (Lipinski definition) is 2. The number of amides is 2. The van der Waals surface area contributed by atoms with Gasteiger partial charge in [-0.15, -0.1) is 0 Å². The van der Waals surface area contributed by atoms with Gasteiger partial charge in [0, 0.05) is 18.2 Å². The van der Waals surface area contributed by atoms with Crippen molar-refractivity contribution < 1.29 is 14.5 Å². The van der Waals surface area contributed by atoms with Crippen molar-refractivity contribution >= 4 is 29.3 Å². The fourth-order valence-electron chi connectivity index (χ4n) is 2.94. The van der Waals surface area contributed by atoms with Crippen LogP contribution in [0.4, 0.5) is 11.4 Å². The summed E-state index contributed by atoms with van der Waals surface area (Å²) < 4.78 is 0. The van der Waals surface area contributed by atoms with Crippen molar-refractivity contribution in [3.63, 3.8) is 0 Å². The van der Waals surface area contributed by atoms with Crippen molar-refractivity contribution in [2.24, 2.45) is 0 Å². The first-order chi connectivity index (χ1) is 14.9. The highest BCUT2D eigenvalue weighted by Gasteiger charge is 2.15. The molecule has 0 saturated carbocycles. The molecule has 0 aromatic heterocycles. The summed E-state index contributed by atoms with van der Waals surface area (Å²) in [6.45, 7) is 1.89. The Morgan fingerprint density at radius 3 is 2.26 bits per heavy atom. The Bertz CT molecular complexity index is 1110. The Hall–Kier alpha value is -4.26. The SMILES string of the molecule is C[C@@H](NC(=O)c1ccccc1NC(=O)/C=C/c1ccc([N+](=O)[O-])cc1)c1ccccc1. The number of non-ortho nitro benzene ring substituents is 1. The van der Waals surface area contributed by atoms with Gasteiger partial charge in [0.1, 0.15) is 0 Å². The van der Waals surface area contributed by atoms with Gasteiger partial charge in [-0.05, 0) is 48.4 Å². The van der Waals surface area contributed by atoms with Gasteiger partial charge in [-0.1, -0.05) is 42.5 Å². The maximum absolute atomic E-state index is 12.8. The van der Waals surface area contributed by atoms with Crippen LogP contribution in [-0.2, 0) is 4.79 Å². The number of carbonyl (C=O) groups excluding carboxylic acids is 2. The Kier molecular flexibility index (Phi) is 6.90. The van der Waals surface area contributed by atoms with Crippen molar-refractivity contribution in [3.05, 3.63) is 112 Å². The largest absolute Gasteiger partial charge is 0.345 e. The number of hydrogen-bond acceptors (Lipinski definition) is 4. The molecule has 0 aliphatic rings. The summed E-state index contributed by atoms with van der Waals surface area (Å²) >= 11 is 0. The van der Waals surface area contributed by atoms with Gasteiger partial charge in [-0.25, -0.2) is 0 Å². The van der Waals surface area contributed by atoms with Crippen molar-refractivity contribution in [2.45, 2.75) is 13.0 Å². The standard InChI is InChI=1S/C24H21N3O4/c1-17(19-7-3-2-4-8-19)25-24(29)21-9-5-6-10-22(21)26-23(28)16-13-18-11-14-20(15-12-18)27(30)31/h2-17H,1H3,(H,25,29)(H,26,28)/b16-13+/t17-/m1/s1. The highest BCUT2D eigenvalue weighted by molar-refractivity contribution is 6.07. The number of nitro benzene ring substituents is 1. The summed E-state index contributed by atoms with van der Waals surface area (Å²) in [5, 5.41) is 16.4. The average molecular weight is 415 g/mol. The number of benzene rings is 3. The third kappa shape index (κ3) is 5.86. The lowest BCUT2D eigenvalue weighted by atomic mass is 10.1. The molecule has 156 valence electrons. The van der Waals surface area contributed by atoms with Crippen LogP contribution in [0.25, 0.3) is 6.08 Å². The van der Waals surface area contributed by atoms with Crippen molar-refractivity contribution in [2.75, 3.05) is 5.32 Å². The molecule has 7 nitrogen and oxygen atoms in total. The quantitative estimate of drug-likeness (QED) is 0.331. The van der Waals surface area contributed by atoms with E-state index in [1.165, 1.54) is 18.2 Å². The van der Waals surface area contributed by atoms with Gasteiger partial charge in [-0.3, -0.25) is 19.7 Å². The summed E-state index contributed by atoms with van der Waals surface area (Å²) in [4.78, 5) is 35.3. The van der Waals surface area contributed by atoms with Crippen LogP contribution in [0.2, 0.25) is 0 Å². The summed E-state index contributed by atoms with van der Waals surface area (Å²) in [6.07, 6.45) is 2.85.